The average molecular weight is 430 g/mol. The summed E-state index contributed by atoms with van der Waals surface area (Å²) in [5.41, 5.74) is 3.16. The fourth-order valence-corrected chi connectivity index (χ4v) is 3.97. The number of nitrogens with one attached hydrogen (secondary N) is 1. The van der Waals surface area contributed by atoms with Crippen molar-refractivity contribution in [1.82, 2.24) is 19.6 Å². The van der Waals surface area contributed by atoms with Crippen LogP contribution in [0.15, 0.2) is 36.7 Å². The zero-order valence-corrected chi connectivity index (χ0v) is 17.7. The molecule has 0 bridgehead atoms. The number of carbonyl (C=O) groups is 1. The van der Waals surface area contributed by atoms with Crippen LogP contribution in [0.5, 0.6) is 0 Å². The molecule has 1 aliphatic heterocycles. The van der Waals surface area contributed by atoms with Gasteiger partial charge in [0.1, 0.15) is 11.6 Å². The van der Waals surface area contributed by atoms with E-state index in [1.165, 1.54) is 6.07 Å². The van der Waals surface area contributed by atoms with Gasteiger partial charge in [-0.3, -0.25) is 4.79 Å². The van der Waals surface area contributed by atoms with Crippen molar-refractivity contribution in [2.24, 2.45) is 0 Å². The highest BCUT2D eigenvalue weighted by Crippen LogP contribution is 2.34. The zero-order chi connectivity index (χ0) is 22.3. The summed E-state index contributed by atoms with van der Waals surface area (Å²) < 4.78 is 42.4. The Morgan fingerprint density at radius 1 is 1.26 bits per heavy atom. The Hall–Kier alpha value is -2.87. The largest absolute Gasteiger partial charge is 0.330 e. The topological polar surface area (TPSA) is 49.6 Å². The fraction of sp³-hybridized carbons (Fsp3) is 0.391. The second-order valence-electron chi connectivity index (χ2n) is 8.24. The highest BCUT2D eigenvalue weighted by atomic mass is 19.3. The summed E-state index contributed by atoms with van der Waals surface area (Å²) in [6, 6.07) is 5.51. The second-order valence-corrected chi connectivity index (χ2v) is 8.24. The number of rotatable bonds is 6. The van der Waals surface area contributed by atoms with Crippen molar-refractivity contribution < 1.29 is 18.0 Å². The molecule has 31 heavy (non-hydrogen) atoms. The maximum atomic E-state index is 14.2. The van der Waals surface area contributed by atoms with Gasteiger partial charge in [-0.1, -0.05) is 6.07 Å². The number of hydrogen-bond donors (Lipinski definition) is 1. The first kappa shape index (κ1) is 21.4. The summed E-state index contributed by atoms with van der Waals surface area (Å²) in [5, 5.41) is 3.25. The van der Waals surface area contributed by atoms with Gasteiger partial charge >= 0.3 is 0 Å². The first-order valence-electron chi connectivity index (χ1n) is 10.3. The molecule has 0 saturated carbocycles. The van der Waals surface area contributed by atoms with Gasteiger partial charge in [-0.15, -0.1) is 0 Å². The molecule has 1 amide bonds. The molecule has 0 atom stereocenters. The molecule has 0 aliphatic carbocycles. The highest BCUT2D eigenvalue weighted by molar-refractivity contribution is 6.03. The third-order valence-corrected chi connectivity index (χ3v) is 5.82. The molecule has 1 saturated heterocycles. The van der Waals surface area contributed by atoms with Crippen LogP contribution in [-0.2, 0) is 0 Å². The molecule has 5 nitrogen and oxygen atoms in total. The number of nitrogens with zero attached hydrogens (tertiary/aromatic N) is 3. The third-order valence-electron chi connectivity index (χ3n) is 5.82. The van der Waals surface area contributed by atoms with Crippen LogP contribution in [0.3, 0.4) is 0 Å². The summed E-state index contributed by atoms with van der Waals surface area (Å²) in [4.78, 5) is 18.8. The van der Waals surface area contributed by atoms with E-state index in [0.717, 1.165) is 46.5 Å². The summed E-state index contributed by atoms with van der Waals surface area (Å²) in [7, 11) is 0. The average Bonchev–Trinajstić information content (AvgIpc) is 3.04. The van der Waals surface area contributed by atoms with Crippen LogP contribution in [0.25, 0.3) is 16.6 Å². The molecule has 164 valence electrons. The van der Waals surface area contributed by atoms with Gasteiger partial charge in [0, 0.05) is 36.8 Å². The Labute approximate surface area is 178 Å². The number of imidazole rings is 1. The van der Waals surface area contributed by atoms with E-state index >= 15 is 0 Å². The monoisotopic (exact) mass is 430 g/mol. The van der Waals surface area contributed by atoms with Crippen LogP contribution in [0.1, 0.15) is 41.5 Å². The first-order chi connectivity index (χ1) is 14.8. The van der Waals surface area contributed by atoms with Gasteiger partial charge in [0.2, 0.25) is 0 Å². The number of alkyl halides is 2. The van der Waals surface area contributed by atoms with E-state index in [9.17, 15) is 18.0 Å². The van der Waals surface area contributed by atoms with Gasteiger partial charge in [0.05, 0.1) is 23.8 Å². The van der Waals surface area contributed by atoms with Gasteiger partial charge < -0.3 is 14.6 Å². The van der Waals surface area contributed by atoms with Crippen molar-refractivity contribution >= 4 is 11.4 Å². The molecule has 4 rings (SSSR count). The molecule has 3 heterocycles. The lowest BCUT2D eigenvalue weighted by Gasteiger charge is -2.29. The van der Waals surface area contributed by atoms with Crippen molar-refractivity contribution in [3.63, 3.8) is 0 Å². The van der Waals surface area contributed by atoms with E-state index in [1.54, 1.807) is 26.1 Å². The van der Waals surface area contributed by atoms with E-state index in [0.29, 0.717) is 11.5 Å². The van der Waals surface area contributed by atoms with Crippen LogP contribution in [0.4, 0.5) is 13.2 Å². The standard InChI is InChI=1S/C23H25F3N4O/c1-13(2)29(12-22(25)26)23(31)20-7-17(24)4-5-18(20)19-6-15(16-8-27-9-16)11-30-14(3)28-10-21(19)30/h4-7,10-11,13,16,22,27H,8-9,12H2,1-3H3. The molecule has 3 aromatic rings. The van der Waals surface area contributed by atoms with Crippen molar-refractivity contribution in [3.05, 3.63) is 59.4 Å². The number of amides is 1. The number of halogens is 3. The Balaban J connectivity index is 1.89. The van der Waals surface area contributed by atoms with Crippen molar-refractivity contribution in [1.29, 1.82) is 0 Å². The van der Waals surface area contributed by atoms with Crippen LogP contribution in [0.2, 0.25) is 0 Å². The zero-order valence-electron chi connectivity index (χ0n) is 17.7. The van der Waals surface area contributed by atoms with Crippen molar-refractivity contribution in [2.45, 2.75) is 39.2 Å². The normalized spacial score (nSPS) is 14.5. The number of benzene rings is 1. The van der Waals surface area contributed by atoms with Crippen LogP contribution >= 0.6 is 0 Å². The predicted molar refractivity (Wildman–Crippen MR) is 113 cm³/mol. The van der Waals surface area contributed by atoms with E-state index < -0.39 is 30.7 Å². The summed E-state index contributed by atoms with van der Waals surface area (Å²) >= 11 is 0. The Bertz CT molecular complexity index is 1120. The van der Waals surface area contributed by atoms with E-state index in [-0.39, 0.29) is 5.56 Å². The second kappa shape index (κ2) is 8.34. The quantitative estimate of drug-likeness (QED) is 0.636. The van der Waals surface area contributed by atoms with Crippen molar-refractivity contribution in [2.75, 3.05) is 19.6 Å². The third kappa shape index (κ3) is 4.04. The Morgan fingerprint density at radius 3 is 2.61 bits per heavy atom. The van der Waals surface area contributed by atoms with Crippen LogP contribution < -0.4 is 5.32 Å². The molecule has 0 radical (unpaired) electrons. The van der Waals surface area contributed by atoms with Gasteiger partial charge in [0.25, 0.3) is 12.3 Å². The lowest BCUT2D eigenvalue weighted by atomic mass is 9.91. The summed E-state index contributed by atoms with van der Waals surface area (Å²) in [5.74, 6) is -0.0831. The Kier molecular flexibility index (Phi) is 5.75. The van der Waals surface area contributed by atoms with E-state index in [1.807, 2.05) is 23.6 Å². The molecule has 2 aromatic heterocycles. The van der Waals surface area contributed by atoms with Crippen molar-refractivity contribution in [3.8, 4) is 11.1 Å². The molecule has 1 aromatic carbocycles. The van der Waals surface area contributed by atoms with Gasteiger partial charge in [0.15, 0.2) is 0 Å². The molecule has 8 heteroatoms. The van der Waals surface area contributed by atoms with E-state index in [2.05, 4.69) is 10.3 Å². The minimum atomic E-state index is -2.68. The molecule has 0 unspecified atom stereocenters. The predicted octanol–water partition coefficient (Wildman–Crippen LogP) is 4.25. The number of aromatic nitrogens is 2. The minimum Gasteiger partial charge on any atom is -0.330 e. The number of fused-ring (bicyclic) bond motifs is 1. The first-order valence-corrected chi connectivity index (χ1v) is 10.3. The summed E-state index contributed by atoms with van der Waals surface area (Å²) in [6.45, 7) is 6.22. The highest BCUT2D eigenvalue weighted by Gasteiger charge is 2.27. The van der Waals surface area contributed by atoms with Gasteiger partial charge in [-0.05, 0) is 50.1 Å². The lowest BCUT2D eigenvalue weighted by molar-refractivity contribution is 0.0476. The molecular weight excluding hydrogens is 405 g/mol. The van der Waals surface area contributed by atoms with Gasteiger partial charge in [-0.2, -0.15) is 0 Å². The maximum Gasteiger partial charge on any atom is 0.255 e. The Morgan fingerprint density at radius 2 is 2.00 bits per heavy atom. The number of hydrogen-bond acceptors (Lipinski definition) is 3. The molecule has 0 spiro atoms. The minimum absolute atomic E-state index is 0.0685. The SMILES string of the molecule is Cc1ncc2c(-c3ccc(F)cc3C(=O)N(CC(F)F)C(C)C)cc(C3CNC3)cn12. The van der Waals surface area contributed by atoms with E-state index in [4.69, 9.17) is 0 Å². The molecule has 1 N–H and O–H groups in total. The maximum absolute atomic E-state index is 14.2. The van der Waals surface area contributed by atoms with Crippen LogP contribution in [-0.4, -0.2) is 52.3 Å². The number of carbonyl (C=O) groups excluding carboxylic acids is 1. The van der Waals surface area contributed by atoms with Crippen LogP contribution in [0, 0.1) is 12.7 Å². The number of aryl methyl sites for hydroxylation is 1. The number of pyridine rings is 1. The van der Waals surface area contributed by atoms with Gasteiger partial charge in [-0.25, -0.2) is 18.2 Å². The lowest BCUT2D eigenvalue weighted by Crippen LogP contribution is -2.40. The molecule has 1 aliphatic rings. The smallest absolute Gasteiger partial charge is 0.255 e. The molecular formula is C23H25F3N4O. The fourth-order valence-electron chi connectivity index (χ4n) is 3.97. The molecule has 1 fully saturated rings. The summed E-state index contributed by atoms with van der Waals surface area (Å²) in [6.07, 6.45) is 1.07.